The molecule has 0 aliphatic heterocycles. The molecule has 11 rings (SSSR count). The maximum absolute atomic E-state index is 6.47. The molecule has 0 saturated heterocycles. The average molecular weight is 702 g/mol. The van der Waals surface area contributed by atoms with E-state index >= 15 is 0 Å². The Morgan fingerprint density at radius 2 is 0.927 bits per heavy atom. The Morgan fingerprint density at radius 1 is 0.309 bits per heavy atom. The van der Waals surface area contributed by atoms with Gasteiger partial charge in [-0.05, 0) is 78.8 Å². The van der Waals surface area contributed by atoms with E-state index in [-0.39, 0.29) is 0 Å². The van der Waals surface area contributed by atoms with E-state index in [0.29, 0.717) is 17.5 Å². The first kappa shape index (κ1) is 31.1. The van der Waals surface area contributed by atoms with Gasteiger partial charge in [-0.2, -0.15) is 0 Å². The van der Waals surface area contributed by atoms with Gasteiger partial charge in [0.05, 0.1) is 5.56 Å². The highest BCUT2D eigenvalue weighted by Gasteiger charge is 2.19. The fourth-order valence-corrected chi connectivity index (χ4v) is 8.06. The molecule has 0 radical (unpaired) electrons. The van der Waals surface area contributed by atoms with Crippen molar-refractivity contribution in [2.75, 3.05) is 0 Å². The van der Waals surface area contributed by atoms with Crippen molar-refractivity contribution >= 4 is 54.3 Å². The van der Waals surface area contributed by atoms with Gasteiger partial charge < -0.3 is 4.42 Å². The molecule has 0 atom stereocenters. The highest BCUT2D eigenvalue weighted by molar-refractivity contribution is 6.20. The van der Waals surface area contributed by atoms with Crippen LogP contribution in [0.3, 0.4) is 0 Å². The van der Waals surface area contributed by atoms with Crippen LogP contribution in [0.2, 0.25) is 0 Å². The predicted octanol–water partition coefficient (Wildman–Crippen LogP) is 13.6. The third-order valence-electron chi connectivity index (χ3n) is 10.7. The van der Waals surface area contributed by atoms with E-state index in [1.54, 1.807) is 0 Å². The van der Waals surface area contributed by atoms with E-state index < -0.39 is 0 Å². The number of benzene rings is 9. The minimum Gasteiger partial charge on any atom is -0.455 e. The maximum Gasteiger partial charge on any atom is 0.167 e. The molecule has 0 unspecified atom stereocenters. The Hall–Kier alpha value is -7.43. The van der Waals surface area contributed by atoms with Crippen molar-refractivity contribution in [2.24, 2.45) is 0 Å². The monoisotopic (exact) mass is 701 g/mol. The molecule has 0 aliphatic rings. The second-order valence-electron chi connectivity index (χ2n) is 14.0. The van der Waals surface area contributed by atoms with Crippen LogP contribution in [0.5, 0.6) is 0 Å². The van der Waals surface area contributed by atoms with Crippen LogP contribution >= 0.6 is 0 Å². The fourth-order valence-electron chi connectivity index (χ4n) is 8.06. The smallest absolute Gasteiger partial charge is 0.167 e. The summed E-state index contributed by atoms with van der Waals surface area (Å²) >= 11 is 0. The normalized spacial score (nSPS) is 11.6. The van der Waals surface area contributed by atoms with Gasteiger partial charge in [-0.15, -0.1) is 0 Å². The molecule has 0 amide bonds. The lowest BCUT2D eigenvalue weighted by Gasteiger charge is -2.14. The molecule has 2 heterocycles. The van der Waals surface area contributed by atoms with Crippen molar-refractivity contribution < 1.29 is 4.42 Å². The number of nitrogens with zero attached hydrogens (tertiary/aromatic N) is 3. The Bertz CT molecular complexity index is 3260. The third kappa shape index (κ3) is 5.26. The van der Waals surface area contributed by atoms with Gasteiger partial charge in [0, 0.05) is 21.9 Å². The van der Waals surface area contributed by atoms with Crippen molar-refractivity contribution in [1.29, 1.82) is 0 Å². The fraction of sp³-hybridized carbons (Fsp3) is 0. The van der Waals surface area contributed by atoms with Crippen molar-refractivity contribution in [3.8, 4) is 56.4 Å². The molecule has 11 aromatic rings. The summed E-state index contributed by atoms with van der Waals surface area (Å²) < 4.78 is 6.47. The zero-order valence-electron chi connectivity index (χ0n) is 29.6. The van der Waals surface area contributed by atoms with E-state index in [1.165, 1.54) is 37.9 Å². The highest BCUT2D eigenvalue weighted by Crippen LogP contribution is 2.40. The number of para-hydroxylation sites is 2. The van der Waals surface area contributed by atoms with Crippen LogP contribution in [-0.2, 0) is 0 Å². The minimum absolute atomic E-state index is 0.561. The van der Waals surface area contributed by atoms with Gasteiger partial charge in [-0.1, -0.05) is 164 Å². The minimum atomic E-state index is 0.561. The van der Waals surface area contributed by atoms with Gasteiger partial charge >= 0.3 is 0 Å². The quantitative estimate of drug-likeness (QED) is 0.132. The largest absolute Gasteiger partial charge is 0.455 e. The molecule has 256 valence electrons. The van der Waals surface area contributed by atoms with Crippen LogP contribution < -0.4 is 0 Å². The summed E-state index contributed by atoms with van der Waals surface area (Å²) in [5.74, 6) is 1.76. The van der Waals surface area contributed by atoms with Crippen LogP contribution in [0.15, 0.2) is 192 Å². The Morgan fingerprint density at radius 3 is 1.78 bits per heavy atom. The summed E-state index contributed by atoms with van der Waals surface area (Å²) in [7, 11) is 0. The third-order valence-corrected chi connectivity index (χ3v) is 10.7. The lowest BCUT2D eigenvalue weighted by atomic mass is 9.89. The summed E-state index contributed by atoms with van der Waals surface area (Å²) in [5, 5.41) is 9.50. The molecule has 4 heteroatoms. The zero-order chi connectivity index (χ0) is 36.3. The summed E-state index contributed by atoms with van der Waals surface area (Å²) in [6.07, 6.45) is 0. The molecule has 4 nitrogen and oxygen atoms in total. The molecule has 0 aliphatic carbocycles. The molecule has 9 aromatic carbocycles. The van der Waals surface area contributed by atoms with E-state index in [4.69, 9.17) is 19.4 Å². The number of hydrogen-bond acceptors (Lipinski definition) is 4. The zero-order valence-corrected chi connectivity index (χ0v) is 29.6. The molecule has 0 fully saturated rings. The predicted molar refractivity (Wildman–Crippen MR) is 227 cm³/mol. The van der Waals surface area contributed by atoms with E-state index in [2.05, 4.69) is 152 Å². The lowest BCUT2D eigenvalue weighted by Crippen LogP contribution is -2.00. The molecule has 0 spiro atoms. The van der Waals surface area contributed by atoms with Gasteiger partial charge in [0.2, 0.25) is 0 Å². The van der Waals surface area contributed by atoms with Gasteiger partial charge in [-0.25, -0.2) is 15.0 Å². The van der Waals surface area contributed by atoms with Crippen LogP contribution in [0.1, 0.15) is 0 Å². The molecule has 0 N–H and O–H groups in total. The summed E-state index contributed by atoms with van der Waals surface area (Å²) in [4.78, 5) is 15.4. The first-order chi connectivity index (χ1) is 27.2. The number of hydrogen-bond donors (Lipinski definition) is 0. The number of fused-ring (bicyclic) bond motifs is 7. The van der Waals surface area contributed by atoms with Crippen molar-refractivity contribution in [3.63, 3.8) is 0 Å². The molecular formula is C51H31N3O. The van der Waals surface area contributed by atoms with Crippen molar-refractivity contribution in [3.05, 3.63) is 188 Å². The first-order valence-electron chi connectivity index (χ1n) is 18.5. The van der Waals surface area contributed by atoms with E-state index in [0.717, 1.165) is 55.3 Å². The second kappa shape index (κ2) is 12.6. The van der Waals surface area contributed by atoms with E-state index in [1.807, 2.05) is 36.4 Å². The number of furan rings is 1. The van der Waals surface area contributed by atoms with Gasteiger partial charge in [0.1, 0.15) is 11.2 Å². The Kier molecular flexibility index (Phi) is 7.14. The second-order valence-corrected chi connectivity index (χ2v) is 14.0. The standard InChI is InChI=1S/C51H31N3O/c1-2-12-32(13-3-1)36-16-10-17-38(30-36)50-52-49(53-51(54-50)44-22-11-21-43-41-20-8-9-23-46(41)55-48(43)44)35-26-24-34(25-27-35)47-40-19-7-5-15-37(40)31-45-39-18-6-4-14-33(39)28-29-42(45)47/h1-31H. The maximum atomic E-state index is 6.47. The first-order valence-corrected chi connectivity index (χ1v) is 18.5. The van der Waals surface area contributed by atoms with Crippen LogP contribution in [0, 0.1) is 0 Å². The average Bonchev–Trinajstić information content (AvgIpc) is 3.65. The Labute approximate surface area is 317 Å². The number of aromatic nitrogens is 3. The van der Waals surface area contributed by atoms with Gasteiger partial charge in [0.15, 0.2) is 17.5 Å². The van der Waals surface area contributed by atoms with Gasteiger partial charge in [0.25, 0.3) is 0 Å². The highest BCUT2D eigenvalue weighted by atomic mass is 16.3. The molecule has 0 saturated carbocycles. The molecular weight excluding hydrogens is 671 g/mol. The number of rotatable bonds is 5. The summed E-state index contributed by atoms with van der Waals surface area (Å²) in [6, 6.07) is 65.9. The van der Waals surface area contributed by atoms with E-state index in [9.17, 15) is 0 Å². The molecule has 2 aromatic heterocycles. The summed E-state index contributed by atoms with van der Waals surface area (Å²) in [6.45, 7) is 0. The van der Waals surface area contributed by atoms with Crippen LogP contribution in [0.25, 0.3) is 111 Å². The molecule has 0 bridgehead atoms. The van der Waals surface area contributed by atoms with Crippen LogP contribution in [0.4, 0.5) is 0 Å². The van der Waals surface area contributed by atoms with Gasteiger partial charge in [-0.3, -0.25) is 0 Å². The lowest BCUT2D eigenvalue weighted by molar-refractivity contribution is 0.669. The van der Waals surface area contributed by atoms with Crippen molar-refractivity contribution in [2.45, 2.75) is 0 Å². The Balaban J connectivity index is 1.09. The topological polar surface area (TPSA) is 51.8 Å². The van der Waals surface area contributed by atoms with Crippen molar-refractivity contribution in [1.82, 2.24) is 15.0 Å². The SMILES string of the molecule is c1ccc(-c2cccc(-c3nc(-c4ccc(-c5c6ccccc6cc6c5ccc5ccccc56)cc4)nc(-c4cccc5c4oc4ccccc45)n3)c2)cc1. The van der Waals surface area contributed by atoms with Crippen LogP contribution in [-0.4, -0.2) is 15.0 Å². The molecule has 55 heavy (non-hydrogen) atoms. The summed E-state index contributed by atoms with van der Waals surface area (Å²) in [5.41, 5.74) is 8.82.